The van der Waals surface area contributed by atoms with Gasteiger partial charge in [-0.1, -0.05) is 36.4 Å². The van der Waals surface area contributed by atoms with Crippen LogP contribution in [0.3, 0.4) is 0 Å². The van der Waals surface area contributed by atoms with Crippen molar-refractivity contribution in [3.8, 4) is 17.0 Å². The first-order valence-corrected chi connectivity index (χ1v) is 10.7. The summed E-state index contributed by atoms with van der Waals surface area (Å²) in [6, 6.07) is 15.9. The standard InChI is InChI=1S/C25H27N3O4/c1-30-21-6-4-5-20(16-21)22-17-26-23(27-22)15-19-10-8-18(9-11-19)12-13-24(29)28-32-25-7-2-3-14-31-25/h4-6,8-13,16-17,25H,2-3,7,14-15H2,1H3,(H,26,27)(H,28,29). The lowest BCUT2D eigenvalue weighted by atomic mass is 10.1. The minimum absolute atomic E-state index is 0.316. The third kappa shape index (κ3) is 6.06. The average Bonchev–Trinajstić information content (AvgIpc) is 3.31. The molecule has 2 aromatic carbocycles. The molecule has 1 atom stereocenters. The Morgan fingerprint density at radius 3 is 2.91 bits per heavy atom. The van der Waals surface area contributed by atoms with Crippen LogP contribution in [0.25, 0.3) is 17.3 Å². The van der Waals surface area contributed by atoms with Gasteiger partial charge in [-0.05, 0) is 42.2 Å². The Kier molecular flexibility index (Phi) is 7.32. The van der Waals surface area contributed by atoms with Crippen LogP contribution in [0.5, 0.6) is 5.75 Å². The number of benzene rings is 2. The number of H-pyrrole nitrogens is 1. The predicted molar refractivity (Wildman–Crippen MR) is 122 cm³/mol. The Balaban J connectivity index is 1.29. The van der Waals surface area contributed by atoms with Crippen molar-refractivity contribution in [2.45, 2.75) is 32.0 Å². The maximum atomic E-state index is 11.9. The van der Waals surface area contributed by atoms with E-state index in [0.29, 0.717) is 13.0 Å². The highest BCUT2D eigenvalue weighted by atomic mass is 16.8. The zero-order valence-corrected chi connectivity index (χ0v) is 18.0. The maximum Gasteiger partial charge on any atom is 0.267 e. The molecule has 2 heterocycles. The molecule has 0 radical (unpaired) electrons. The van der Waals surface area contributed by atoms with E-state index in [1.54, 1.807) is 13.2 Å². The highest BCUT2D eigenvalue weighted by Crippen LogP contribution is 2.22. The number of aromatic amines is 1. The van der Waals surface area contributed by atoms with Crippen molar-refractivity contribution in [3.05, 3.63) is 77.8 Å². The molecule has 0 bridgehead atoms. The van der Waals surface area contributed by atoms with Gasteiger partial charge < -0.3 is 14.5 Å². The number of amides is 1. The molecule has 3 aromatic rings. The molecule has 1 aliphatic rings. The second kappa shape index (κ2) is 10.7. The van der Waals surface area contributed by atoms with E-state index in [1.165, 1.54) is 6.08 Å². The second-order valence-electron chi connectivity index (χ2n) is 7.61. The zero-order valence-electron chi connectivity index (χ0n) is 18.0. The molecule has 0 saturated carbocycles. The fourth-order valence-corrected chi connectivity index (χ4v) is 3.46. The van der Waals surface area contributed by atoms with E-state index in [9.17, 15) is 4.79 Å². The van der Waals surface area contributed by atoms with Crippen LogP contribution in [0.2, 0.25) is 0 Å². The number of carbonyl (C=O) groups is 1. The number of ether oxygens (including phenoxy) is 2. The van der Waals surface area contributed by atoms with E-state index in [2.05, 4.69) is 15.4 Å². The fraction of sp³-hybridized carbons (Fsp3) is 0.280. The SMILES string of the molecule is COc1cccc(-c2cnc(Cc3ccc(C=CC(=O)NOC4CCCCO4)cc3)[nH]2)c1. The van der Waals surface area contributed by atoms with Crippen molar-refractivity contribution < 1.29 is 19.1 Å². The molecule has 1 aliphatic heterocycles. The molecule has 0 spiro atoms. The molecule has 1 aromatic heterocycles. The van der Waals surface area contributed by atoms with Crippen LogP contribution in [0, 0.1) is 0 Å². The second-order valence-corrected chi connectivity index (χ2v) is 7.61. The largest absolute Gasteiger partial charge is 0.497 e. The molecule has 7 nitrogen and oxygen atoms in total. The number of methoxy groups -OCH3 is 1. The van der Waals surface area contributed by atoms with E-state index >= 15 is 0 Å². The van der Waals surface area contributed by atoms with Gasteiger partial charge in [-0.2, -0.15) is 0 Å². The third-order valence-electron chi connectivity index (χ3n) is 5.22. The van der Waals surface area contributed by atoms with Crippen LogP contribution in [-0.2, 0) is 20.8 Å². The number of hydrogen-bond donors (Lipinski definition) is 2. The van der Waals surface area contributed by atoms with Crippen LogP contribution in [-0.4, -0.2) is 35.9 Å². The first kappa shape index (κ1) is 21.8. The number of carbonyl (C=O) groups excluding carboxylic acids is 1. The summed E-state index contributed by atoms with van der Waals surface area (Å²) < 4.78 is 10.7. The summed E-state index contributed by atoms with van der Waals surface area (Å²) in [5.74, 6) is 1.38. The third-order valence-corrected chi connectivity index (χ3v) is 5.22. The number of rotatable bonds is 8. The molecule has 7 heteroatoms. The molecular weight excluding hydrogens is 406 g/mol. The van der Waals surface area contributed by atoms with Gasteiger partial charge in [0.15, 0.2) is 6.29 Å². The Morgan fingerprint density at radius 1 is 1.25 bits per heavy atom. The number of nitrogens with one attached hydrogen (secondary N) is 2. The lowest BCUT2D eigenvalue weighted by Gasteiger charge is -2.21. The van der Waals surface area contributed by atoms with Crippen molar-refractivity contribution >= 4 is 12.0 Å². The number of aromatic nitrogens is 2. The quantitative estimate of drug-likeness (QED) is 0.409. The molecule has 166 valence electrons. The molecule has 1 unspecified atom stereocenters. The van der Waals surface area contributed by atoms with Gasteiger partial charge in [-0.25, -0.2) is 15.3 Å². The number of nitrogens with zero attached hydrogens (tertiary/aromatic N) is 1. The van der Waals surface area contributed by atoms with Crippen LogP contribution in [0.15, 0.2) is 60.8 Å². The first-order valence-electron chi connectivity index (χ1n) is 10.7. The average molecular weight is 434 g/mol. The summed E-state index contributed by atoms with van der Waals surface area (Å²) in [5, 5.41) is 0. The Morgan fingerprint density at radius 2 is 2.12 bits per heavy atom. The van der Waals surface area contributed by atoms with Gasteiger partial charge >= 0.3 is 0 Å². The van der Waals surface area contributed by atoms with Crippen LogP contribution < -0.4 is 10.2 Å². The van der Waals surface area contributed by atoms with Crippen molar-refractivity contribution in [1.29, 1.82) is 0 Å². The van der Waals surface area contributed by atoms with Gasteiger partial charge in [-0.3, -0.25) is 4.79 Å². The summed E-state index contributed by atoms with van der Waals surface area (Å²) >= 11 is 0. The smallest absolute Gasteiger partial charge is 0.267 e. The van der Waals surface area contributed by atoms with Gasteiger partial charge in [0.25, 0.3) is 5.91 Å². The van der Waals surface area contributed by atoms with Crippen molar-refractivity contribution in [3.63, 3.8) is 0 Å². The highest BCUT2D eigenvalue weighted by Gasteiger charge is 2.14. The zero-order chi connectivity index (χ0) is 22.2. The van der Waals surface area contributed by atoms with Crippen molar-refractivity contribution in [2.75, 3.05) is 13.7 Å². The monoisotopic (exact) mass is 433 g/mol. The molecule has 1 fully saturated rings. The lowest BCUT2D eigenvalue weighted by Crippen LogP contribution is -2.32. The van der Waals surface area contributed by atoms with Crippen molar-refractivity contribution in [1.82, 2.24) is 15.4 Å². The van der Waals surface area contributed by atoms with E-state index in [4.69, 9.17) is 14.3 Å². The number of imidazole rings is 1. The maximum absolute atomic E-state index is 11.9. The topological polar surface area (TPSA) is 85.5 Å². The van der Waals surface area contributed by atoms with Gasteiger partial charge in [-0.15, -0.1) is 0 Å². The fourth-order valence-electron chi connectivity index (χ4n) is 3.46. The summed E-state index contributed by atoms with van der Waals surface area (Å²) in [7, 11) is 1.66. The molecule has 4 rings (SSSR count). The van der Waals surface area contributed by atoms with Gasteiger partial charge in [0, 0.05) is 31.1 Å². The number of hydroxylamine groups is 1. The van der Waals surface area contributed by atoms with E-state index < -0.39 is 0 Å². The lowest BCUT2D eigenvalue weighted by molar-refractivity contribution is -0.198. The molecule has 2 N–H and O–H groups in total. The minimum atomic E-state index is -0.355. The number of hydrogen-bond acceptors (Lipinski definition) is 5. The molecule has 1 amide bonds. The predicted octanol–water partition coefficient (Wildman–Crippen LogP) is 4.26. The Hall–Kier alpha value is -3.42. The summed E-state index contributed by atoms with van der Waals surface area (Å²) in [6.45, 7) is 0.670. The molecule has 32 heavy (non-hydrogen) atoms. The van der Waals surface area contributed by atoms with Crippen LogP contribution in [0.4, 0.5) is 0 Å². The molecular formula is C25H27N3O4. The van der Waals surface area contributed by atoms with Gasteiger partial charge in [0.1, 0.15) is 11.6 Å². The molecule has 1 saturated heterocycles. The van der Waals surface area contributed by atoms with E-state index in [1.807, 2.05) is 54.7 Å². The van der Waals surface area contributed by atoms with E-state index in [-0.39, 0.29) is 12.2 Å². The van der Waals surface area contributed by atoms with Crippen LogP contribution in [0.1, 0.15) is 36.2 Å². The Bertz CT molecular complexity index is 1050. The summed E-state index contributed by atoms with van der Waals surface area (Å²) in [6.07, 6.45) is 8.23. The summed E-state index contributed by atoms with van der Waals surface area (Å²) in [4.78, 5) is 25.1. The van der Waals surface area contributed by atoms with Crippen molar-refractivity contribution in [2.24, 2.45) is 0 Å². The van der Waals surface area contributed by atoms with E-state index in [0.717, 1.165) is 53.2 Å². The first-order chi connectivity index (χ1) is 15.7. The summed E-state index contributed by atoms with van der Waals surface area (Å²) in [5.41, 5.74) is 6.44. The normalized spacial score (nSPS) is 16.2. The Labute approximate surface area is 187 Å². The van der Waals surface area contributed by atoms with Gasteiger partial charge in [0.2, 0.25) is 0 Å². The van der Waals surface area contributed by atoms with Crippen LogP contribution >= 0.6 is 0 Å². The minimum Gasteiger partial charge on any atom is -0.497 e. The highest BCUT2D eigenvalue weighted by molar-refractivity contribution is 5.90. The molecule has 0 aliphatic carbocycles. The van der Waals surface area contributed by atoms with Gasteiger partial charge in [0.05, 0.1) is 19.0 Å².